The van der Waals surface area contributed by atoms with Gasteiger partial charge in [0.05, 0.1) is 19.6 Å². The van der Waals surface area contributed by atoms with E-state index in [1.165, 1.54) is 5.56 Å². The van der Waals surface area contributed by atoms with E-state index in [2.05, 4.69) is 16.9 Å². The van der Waals surface area contributed by atoms with E-state index in [0.29, 0.717) is 19.5 Å². The number of carbonyl (C=O) groups is 1. The van der Waals surface area contributed by atoms with Crippen molar-refractivity contribution in [1.29, 1.82) is 0 Å². The van der Waals surface area contributed by atoms with Crippen molar-refractivity contribution in [3.63, 3.8) is 0 Å². The first kappa shape index (κ1) is 15.3. The van der Waals surface area contributed by atoms with Crippen LogP contribution in [0.3, 0.4) is 0 Å². The molecular formula is C16H21N3O2. The van der Waals surface area contributed by atoms with E-state index in [-0.39, 0.29) is 12.5 Å². The molecule has 0 fully saturated rings. The molecule has 0 aliphatic carbocycles. The number of nitrogens with one attached hydrogen (secondary N) is 1. The number of hydrogen-bond donors (Lipinski definition) is 2. The minimum absolute atomic E-state index is 0.00954. The number of rotatable bonds is 7. The fourth-order valence-electron chi connectivity index (χ4n) is 2.16. The summed E-state index contributed by atoms with van der Waals surface area (Å²) >= 11 is 0. The lowest BCUT2D eigenvalue weighted by Crippen LogP contribution is -2.34. The number of aromatic amines is 1. The Kier molecular flexibility index (Phi) is 5.51. The molecule has 5 nitrogen and oxygen atoms in total. The van der Waals surface area contributed by atoms with Crippen molar-refractivity contribution in [1.82, 2.24) is 14.9 Å². The van der Waals surface area contributed by atoms with Gasteiger partial charge in [0.15, 0.2) is 0 Å². The predicted molar refractivity (Wildman–Crippen MR) is 80.6 cm³/mol. The van der Waals surface area contributed by atoms with Crippen LogP contribution in [-0.2, 0) is 24.2 Å². The number of hydrogen-bond acceptors (Lipinski definition) is 3. The predicted octanol–water partition coefficient (Wildman–Crippen LogP) is 1.54. The Morgan fingerprint density at radius 1 is 1.29 bits per heavy atom. The van der Waals surface area contributed by atoms with Gasteiger partial charge >= 0.3 is 0 Å². The summed E-state index contributed by atoms with van der Waals surface area (Å²) in [5.41, 5.74) is 2.24. The van der Waals surface area contributed by atoms with Crippen LogP contribution in [0.25, 0.3) is 0 Å². The second-order valence-corrected chi connectivity index (χ2v) is 4.92. The van der Waals surface area contributed by atoms with Crippen LogP contribution in [0.15, 0.2) is 36.7 Å². The summed E-state index contributed by atoms with van der Waals surface area (Å²) in [4.78, 5) is 21.1. The third-order valence-electron chi connectivity index (χ3n) is 3.40. The van der Waals surface area contributed by atoms with Gasteiger partial charge in [0.25, 0.3) is 0 Å². The lowest BCUT2D eigenvalue weighted by Gasteiger charge is -2.20. The molecule has 0 radical (unpaired) electrons. The van der Waals surface area contributed by atoms with Gasteiger partial charge in [-0.1, -0.05) is 31.2 Å². The number of aliphatic hydroxyl groups excluding tert-OH is 1. The summed E-state index contributed by atoms with van der Waals surface area (Å²) < 4.78 is 0. The maximum atomic E-state index is 12.4. The number of H-pyrrole nitrogens is 1. The number of aryl methyl sites for hydroxylation is 1. The smallest absolute Gasteiger partial charge is 0.227 e. The van der Waals surface area contributed by atoms with Crippen molar-refractivity contribution < 1.29 is 9.90 Å². The molecule has 0 saturated carbocycles. The molecule has 5 heteroatoms. The van der Waals surface area contributed by atoms with Crippen LogP contribution in [0.4, 0.5) is 0 Å². The second-order valence-electron chi connectivity index (χ2n) is 4.92. The number of benzene rings is 1. The summed E-state index contributed by atoms with van der Waals surface area (Å²) in [6, 6.07) is 8.07. The zero-order chi connectivity index (χ0) is 15.1. The van der Waals surface area contributed by atoms with Gasteiger partial charge in [-0.3, -0.25) is 4.79 Å². The monoisotopic (exact) mass is 287 g/mol. The highest BCUT2D eigenvalue weighted by Crippen LogP contribution is 2.08. The Hall–Kier alpha value is -2.14. The zero-order valence-electron chi connectivity index (χ0n) is 12.2. The maximum Gasteiger partial charge on any atom is 0.227 e. The lowest BCUT2D eigenvalue weighted by molar-refractivity contribution is -0.131. The lowest BCUT2D eigenvalue weighted by atomic mass is 10.1. The van der Waals surface area contributed by atoms with Gasteiger partial charge in [0, 0.05) is 18.9 Å². The fourth-order valence-corrected chi connectivity index (χ4v) is 2.16. The Labute approximate surface area is 124 Å². The van der Waals surface area contributed by atoms with E-state index in [9.17, 15) is 4.79 Å². The minimum atomic E-state index is -0.0543. The summed E-state index contributed by atoms with van der Waals surface area (Å²) in [6.45, 7) is 2.75. The summed E-state index contributed by atoms with van der Waals surface area (Å²) in [5, 5.41) is 9.12. The summed E-state index contributed by atoms with van der Waals surface area (Å²) in [6.07, 6.45) is 4.70. The molecule has 0 aliphatic rings. The van der Waals surface area contributed by atoms with Crippen LogP contribution in [0, 0.1) is 0 Å². The molecule has 0 aliphatic heterocycles. The van der Waals surface area contributed by atoms with E-state index in [0.717, 1.165) is 17.8 Å². The highest BCUT2D eigenvalue weighted by Gasteiger charge is 2.15. The van der Waals surface area contributed by atoms with Gasteiger partial charge in [0.1, 0.15) is 5.82 Å². The normalized spacial score (nSPS) is 10.6. The fraction of sp³-hybridized carbons (Fsp3) is 0.375. The van der Waals surface area contributed by atoms with E-state index in [1.54, 1.807) is 17.3 Å². The van der Waals surface area contributed by atoms with Gasteiger partial charge in [-0.15, -0.1) is 0 Å². The number of amides is 1. The topological polar surface area (TPSA) is 69.2 Å². The van der Waals surface area contributed by atoms with Crippen LogP contribution in [0.5, 0.6) is 0 Å². The van der Waals surface area contributed by atoms with Crippen LogP contribution in [0.1, 0.15) is 23.9 Å². The molecule has 2 N–H and O–H groups in total. The Bertz CT molecular complexity index is 549. The third kappa shape index (κ3) is 4.43. The molecule has 112 valence electrons. The quantitative estimate of drug-likeness (QED) is 0.811. The Morgan fingerprint density at radius 3 is 2.57 bits per heavy atom. The second kappa shape index (κ2) is 7.59. The van der Waals surface area contributed by atoms with Crippen LogP contribution < -0.4 is 0 Å². The van der Waals surface area contributed by atoms with Gasteiger partial charge < -0.3 is 15.0 Å². The van der Waals surface area contributed by atoms with Crippen molar-refractivity contribution in [2.24, 2.45) is 0 Å². The van der Waals surface area contributed by atoms with E-state index in [1.807, 2.05) is 24.3 Å². The number of aromatic nitrogens is 2. The number of carbonyl (C=O) groups excluding carboxylic acids is 1. The first-order chi connectivity index (χ1) is 10.2. The van der Waals surface area contributed by atoms with Gasteiger partial charge in [-0.05, 0) is 17.5 Å². The zero-order valence-corrected chi connectivity index (χ0v) is 12.2. The van der Waals surface area contributed by atoms with Crippen molar-refractivity contribution in [3.8, 4) is 0 Å². The molecule has 0 spiro atoms. The van der Waals surface area contributed by atoms with Crippen LogP contribution in [0.2, 0.25) is 0 Å². The molecule has 1 aromatic heterocycles. The Morgan fingerprint density at radius 2 is 2.00 bits per heavy atom. The first-order valence-electron chi connectivity index (χ1n) is 7.17. The molecule has 1 aromatic carbocycles. The molecule has 1 heterocycles. The number of nitrogens with zero attached hydrogens (tertiary/aromatic N) is 2. The third-order valence-corrected chi connectivity index (χ3v) is 3.40. The van der Waals surface area contributed by atoms with Crippen molar-refractivity contribution in [3.05, 3.63) is 53.6 Å². The SMILES string of the molecule is CCc1ccc(CC(=O)N(CCO)Cc2ncc[nH]2)cc1. The van der Waals surface area contributed by atoms with E-state index >= 15 is 0 Å². The minimum Gasteiger partial charge on any atom is -0.395 e. The van der Waals surface area contributed by atoms with Crippen molar-refractivity contribution >= 4 is 5.91 Å². The van der Waals surface area contributed by atoms with Gasteiger partial charge in [0.2, 0.25) is 5.91 Å². The number of imidazole rings is 1. The molecule has 1 amide bonds. The standard InChI is InChI=1S/C16H21N3O2/c1-2-13-3-5-14(6-4-13)11-16(21)19(9-10-20)12-15-17-7-8-18-15/h3-8,20H,2,9-12H2,1H3,(H,17,18). The molecule has 0 atom stereocenters. The number of aliphatic hydroxyl groups is 1. The molecule has 0 bridgehead atoms. The average molecular weight is 287 g/mol. The molecule has 0 unspecified atom stereocenters. The average Bonchev–Trinajstić information content (AvgIpc) is 3.00. The van der Waals surface area contributed by atoms with Crippen molar-refractivity contribution in [2.45, 2.75) is 26.3 Å². The van der Waals surface area contributed by atoms with Gasteiger partial charge in [-0.2, -0.15) is 0 Å². The van der Waals surface area contributed by atoms with E-state index < -0.39 is 0 Å². The summed E-state index contributed by atoms with van der Waals surface area (Å²) in [5.74, 6) is 0.711. The maximum absolute atomic E-state index is 12.4. The Balaban J connectivity index is 2.00. The molecule has 2 aromatic rings. The molecular weight excluding hydrogens is 266 g/mol. The molecule has 21 heavy (non-hydrogen) atoms. The van der Waals surface area contributed by atoms with Crippen molar-refractivity contribution in [2.75, 3.05) is 13.2 Å². The highest BCUT2D eigenvalue weighted by atomic mass is 16.3. The molecule has 0 saturated heterocycles. The largest absolute Gasteiger partial charge is 0.395 e. The van der Waals surface area contributed by atoms with Gasteiger partial charge in [-0.25, -0.2) is 4.98 Å². The highest BCUT2D eigenvalue weighted by molar-refractivity contribution is 5.78. The van der Waals surface area contributed by atoms with E-state index in [4.69, 9.17) is 5.11 Å². The first-order valence-corrected chi connectivity index (χ1v) is 7.17. The van der Waals surface area contributed by atoms with Crippen LogP contribution >= 0.6 is 0 Å². The molecule has 2 rings (SSSR count). The van der Waals surface area contributed by atoms with Crippen LogP contribution in [-0.4, -0.2) is 39.0 Å². The summed E-state index contributed by atoms with van der Waals surface area (Å²) in [7, 11) is 0.